The van der Waals surface area contributed by atoms with E-state index in [0.29, 0.717) is 31.8 Å². The van der Waals surface area contributed by atoms with Gasteiger partial charge < -0.3 is 14.9 Å². The Kier molecular flexibility index (Phi) is 7.33. The topological polar surface area (TPSA) is 83.8 Å². The van der Waals surface area contributed by atoms with Crippen LogP contribution in [0.4, 0.5) is 0 Å². The molecular weight excluding hydrogens is 364 g/mol. The highest BCUT2D eigenvalue weighted by molar-refractivity contribution is 7.99. The lowest BCUT2D eigenvalue weighted by Gasteiger charge is -2.19. The average Bonchev–Trinajstić information content (AvgIpc) is 3.19. The van der Waals surface area contributed by atoms with Crippen molar-refractivity contribution < 1.29 is 24.5 Å². The number of ether oxygens (including phenoxy) is 1. The Labute approximate surface area is 164 Å². The van der Waals surface area contributed by atoms with Gasteiger partial charge in [-0.1, -0.05) is 12.1 Å². The molecule has 1 aromatic carbocycles. The summed E-state index contributed by atoms with van der Waals surface area (Å²) in [7, 11) is 0. The highest BCUT2D eigenvalue weighted by atomic mass is 32.2. The fourth-order valence-electron chi connectivity index (χ4n) is 4.03. The second-order valence-corrected chi connectivity index (χ2v) is 8.55. The number of thioether (sulfide) groups is 1. The van der Waals surface area contributed by atoms with E-state index in [9.17, 15) is 14.7 Å². The van der Waals surface area contributed by atoms with Crippen molar-refractivity contribution in [3.63, 3.8) is 0 Å². The van der Waals surface area contributed by atoms with Gasteiger partial charge in [-0.15, -0.1) is 11.8 Å². The molecule has 3 rings (SSSR count). The Bertz CT molecular complexity index is 675. The number of rotatable bonds is 10. The summed E-state index contributed by atoms with van der Waals surface area (Å²) in [5.41, 5.74) is 2.28. The highest BCUT2D eigenvalue weighted by Gasteiger charge is 2.35. The summed E-state index contributed by atoms with van der Waals surface area (Å²) in [5, 5.41) is 18.7. The number of unbranched alkanes of at least 4 members (excludes halogenated alkanes) is 1. The quantitative estimate of drug-likeness (QED) is 0.467. The Balaban J connectivity index is 1.47. The smallest absolute Gasteiger partial charge is 0.303 e. The molecular formula is C21H28O5S. The van der Waals surface area contributed by atoms with Crippen LogP contribution in [0.25, 0.3) is 0 Å². The van der Waals surface area contributed by atoms with E-state index in [1.807, 2.05) is 12.1 Å². The number of aliphatic hydroxyl groups is 1. The first-order chi connectivity index (χ1) is 13.1. The van der Waals surface area contributed by atoms with Crippen LogP contribution in [0.5, 0.6) is 0 Å². The molecule has 148 valence electrons. The molecule has 0 heterocycles. The highest BCUT2D eigenvalue weighted by Crippen LogP contribution is 2.40. The fourth-order valence-corrected chi connectivity index (χ4v) is 5.42. The van der Waals surface area contributed by atoms with Crippen LogP contribution < -0.4 is 0 Å². The van der Waals surface area contributed by atoms with Crippen LogP contribution in [0, 0.1) is 11.8 Å². The zero-order valence-corrected chi connectivity index (χ0v) is 16.4. The van der Waals surface area contributed by atoms with Gasteiger partial charge in [0.2, 0.25) is 0 Å². The first kappa shape index (κ1) is 20.4. The number of hydrogen-bond donors (Lipinski definition) is 2. The minimum absolute atomic E-state index is 0.0243. The summed E-state index contributed by atoms with van der Waals surface area (Å²) in [6.07, 6.45) is 4.40. The maximum Gasteiger partial charge on any atom is 0.303 e. The maximum absolute atomic E-state index is 12.3. The number of aliphatic carboxylic acids is 1. The van der Waals surface area contributed by atoms with E-state index in [-0.39, 0.29) is 24.4 Å². The van der Waals surface area contributed by atoms with E-state index in [4.69, 9.17) is 9.84 Å². The summed E-state index contributed by atoms with van der Waals surface area (Å²) in [6.45, 7) is 1.14. The number of carboxylic acids is 1. The van der Waals surface area contributed by atoms with Crippen molar-refractivity contribution in [1.82, 2.24) is 0 Å². The predicted octanol–water partition coefficient (Wildman–Crippen LogP) is 3.63. The van der Waals surface area contributed by atoms with Crippen LogP contribution in [-0.2, 0) is 20.7 Å². The largest absolute Gasteiger partial charge is 0.481 e. The molecule has 1 aromatic rings. The first-order valence-corrected chi connectivity index (χ1v) is 10.8. The van der Waals surface area contributed by atoms with E-state index in [0.717, 1.165) is 37.0 Å². The third-order valence-corrected chi connectivity index (χ3v) is 6.84. The van der Waals surface area contributed by atoms with Crippen molar-refractivity contribution in [2.24, 2.45) is 11.8 Å². The number of fused-ring (bicyclic) bond motifs is 1. The first-order valence-electron chi connectivity index (χ1n) is 9.81. The van der Waals surface area contributed by atoms with Crippen molar-refractivity contribution >= 4 is 23.5 Å². The molecule has 2 aliphatic rings. The van der Waals surface area contributed by atoms with Crippen LogP contribution >= 0.6 is 11.8 Å². The predicted molar refractivity (Wildman–Crippen MR) is 104 cm³/mol. The Hall–Kier alpha value is -1.37. The number of hydrogen-bond acceptors (Lipinski definition) is 5. The zero-order valence-electron chi connectivity index (χ0n) is 15.6. The van der Waals surface area contributed by atoms with Gasteiger partial charge in [0.15, 0.2) is 0 Å². The van der Waals surface area contributed by atoms with E-state index in [2.05, 4.69) is 6.07 Å². The van der Waals surface area contributed by atoms with Gasteiger partial charge in [0.25, 0.3) is 0 Å². The summed E-state index contributed by atoms with van der Waals surface area (Å²) < 4.78 is 5.73. The zero-order chi connectivity index (χ0) is 19.2. The van der Waals surface area contributed by atoms with Gasteiger partial charge in [0.05, 0.1) is 12.7 Å². The molecule has 0 aliphatic heterocycles. The van der Waals surface area contributed by atoms with Crippen LogP contribution in [0.15, 0.2) is 23.1 Å². The lowest BCUT2D eigenvalue weighted by molar-refractivity contribution is -0.137. The fraction of sp³-hybridized carbons (Fsp3) is 0.619. The molecule has 0 saturated heterocycles. The lowest BCUT2D eigenvalue weighted by Crippen LogP contribution is -2.22. The summed E-state index contributed by atoms with van der Waals surface area (Å²) in [4.78, 5) is 24.0. The molecule has 1 unspecified atom stereocenters. The minimum Gasteiger partial charge on any atom is -0.481 e. The number of Topliss-reactive ketones (excluding diaryl/α,β-unsaturated/α-hetero) is 1. The van der Waals surface area contributed by atoms with Gasteiger partial charge in [-0.2, -0.15) is 0 Å². The molecule has 2 aliphatic carbocycles. The van der Waals surface area contributed by atoms with Gasteiger partial charge in [-0.05, 0) is 55.2 Å². The Morgan fingerprint density at radius 2 is 2.07 bits per heavy atom. The second kappa shape index (κ2) is 9.71. The van der Waals surface area contributed by atoms with Crippen LogP contribution in [-0.4, -0.2) is 40.9 Å². The molecule has 1 saturated carbocycles. The SMILES string of the molecule is O=C(O)CCCCOC[C@H]1CCC(=O)[C@@H]1CSc1cccc2c1CCC2O. The van der Waals surface area contributed by atoms with Crippen molar-refractivity contribution in [2.45, 2.75) is 55.9 Å². The molecule has 1 fully saturated rings. The normalized spacial score (nSPS) is 24.3. The molecule has 0 amide bonds. The van der Waals surface area contributed by atoms with E-state index in [1.165, 1.54) is 10.5 Å². The molecule has 3 atom stereocenters. The lowest BCUT2D eigenvalue weighted by atomic mass is 9.98. The molecule has 0 aromatic heterocycles. The average molecular weight is 393 g/mol. The standard InChI is InChI=1S/C21H28O5S/c22-18-10-8-16-15(18)4-3-5-20(16)27-13-17-14(7-9-19(17)23)12-26-11-2-1-6-21(24)25/h3-5,14,17-18,22H,1-2,6-13H2,(H,24,25)/t14-,17-,18?/m1/s1. The number of ketones is 1. The molecule has 0 bridgehead atoms. The van der Waals surface area contributed by atoms with Gasteiger partial charge in [0.1, 0.15) is 5.78 Å². The molecule has 0 radical (unpaired) electrons. The van der Waals surface area contributed by atoms with Crippen LogP contribution in [0.1, 0.15) is 55.8 Å². The number of carbonyl (C=O) groups excluding carboxylic acids is 1. The van der Waals surface area contributed by atoms with E-state index in [1.54, 1.807) is 11.8 Å². The minimum atomic E-state index is -0.770. The molecule has 2 N–H and O–H groups in total. The van der Waals surface area contributed by atoms with Crippen LogP contribution in [0.3, 0.4) is 0 Å². The third-order valence-electron chi connectivity index (χ3n) is 5.62. The summed E-state index contributed by atoms with van der Waals surface area (Å²) in [5.74, 6) is 0.601. The third kappa shape index (κ3) is 5.33. The molecule has 27 heavy (non-hydrogen) atoms. The summed E-state index contributed by atoms with van der Waals surface area (Å²) >= 11 is 1.73. The Morgan fingerprint density at radius 1 is 1.22 bits per heavy atom. The van der Waals surface area contributed by atoms with Gasteiger partial charge in [0, 0.05) is 36.0 Å². The van der Waals surface area contributed by atoms with E-state index >= 15 is 0 Å². The van der Waals surface area contributed by atoms with E-state index < -0.39 is 5.97 Å². The number of carbonyl (C=O) groups is 2. The van der Waals surface area contributed by atoms with Crippen molar-refractivity contribution in [3.05, 3.63) is 29.3 Å². The van der Waals surface area contributed by atoms with Crippen molar-refractivity contribution in [2.75, 3.05) is 19.0 Å². The number of aliphatic hydroxyl groups excluding tert-OH is 1. The monoisotopic (exact) mass is 392 g/mol. The van der Waals surface area contributed by atoms with Gasteiger partial charge >= 0.3 is 5.97 Å². The number of benzene rings is 1. The van der Waals surface area contributed by atoms with Gasteiger partial charge in [-0.25, -0.2) is 0 Å². The Morgan fingerprint density at radius 3 is 2.89 bits per heavy atom. The van der Waals surface area contributed by atoms with Crippen molar-refractivity contribution in [3.8, 4) is 0 Å². The van der Waals surface area contributed by atoms with Crippen molar-refractivity contribution in [1.29, 1.82) is 0 Å². The maximum atomic E-state index is 12.3. The van der Waals surface area contributed by atoms with Crippen LogP contribution in [0.2, 0.25) is 0 Å². The second-order valence-electron chi connectivity index (χ2n) is 7.49. The molecule has 6 heteroatoms. The summed E-state index contributed by atoms with van der Waals surface area (Å²) in [6, 6.07) is 6.08. The molecule has 5 nitrogen and oxygen atoms in total. The molecule has 0 spiro atoms. The number of carboxylic acid groups (broad SMARTS) is 1. The van der Waals surface area contributed by atoms with Gasteiger partial charge in [-0.3, -0.25) is 9.59 Å².